The topological polar surface area (TPSA) is 89.4 Å². The first kappa shape index (κ1) is 19.9. The highest BCUT2D eigenvalue weighted by Crippen LogP contribution is 2.25. The lowest BCUT2D eigenvalue weighted by Gasteiger charge is -2.06. The second kappa shape index (κ2) is 8.51. The molecular formula is C22H20N6OS. The molecule has 150 valence electrons. The largest absolute Gasteiger partial charge is 0.346 e. The lowest BCUT2D eigenvalue weighted by atomic mass is 10.1. The van der Waals surface area contributed by atoms with Crippen LogP contribution in [0.1, 0.15) is 27.9 Å². The predicted molar refractivity (Wildman–Crippen MR) is 116 cm³/mol. The summed E-state index contributed by atoms with van der Waals surface area (Å²) in [6.07, 6.45) is 2.24. The number of tetrazole rings is 1. The number of para-hydroxylation sites is 1. The number of nitriles is 1. The van der Waals surface area contributed by atoms with Crippen LogP contribution >= 0.6 is 11.8 Å². The van der Waals surface area contributed by atoms with Crippen molar-refractivity contribution in [3.8, 4) is 11.8 Å². The van der Waals surface area contributed by atoms with E-state index in [0.29, 0.717) is 23.7 Å². The minimum Gasteiger partial charge on any atom is -0.346 e. The molecule has 4 aromatic rings. The van der Waals surface area contributed by atoms with Gasteiger partial charge in [-0.1, -0.05) is 36.0 Å². The zero-order chi connectivity index (χ0) is 21.1. The number of hydrogen-bond acceptors (Lipinski definition) is 6. The van der Waals surface area contributed by atoms with Gasteiger partial charge in [0.1, 0.15) is 0 Å². The molecule has 0 amide bonds. The van der Waals surface area contributed by atoms with Gasteiger partial charge in [0, 0.05) is 29.2 Å². The molecule has 0 aliphatic heterocycles. The first-order chi connectivity index (χ1) is 14.6. The van der Waals surface area contributed by atoms with Crippen molar-refractivity contribution in [2.75, 3.05) is 5.75 Å². The molecule has 2 heterocycles. The molecule has 4 rings (SSSR count). The summed E-state index contributed by atoms with van der Waals surface area (Å²) >= 11 is 1.31. The minimum atomic E-state index is 0.00143. The smallest absolute Gasteiger partial charge is 0.214 e. The number of nitrogens with zero attached hydrogens (tertiary/aromatic N) is 6. The van der Waals surface area contributed by atoms with E-state index < -0.39 is 0 Å². The lowest BCUT2D eigenvalue weighted by Crippen LogP contribution is -2.05. The molecule has 0 aliphatic rings. The molecule has 0 saturated carbocycles. The van der Waals surface area contributed by atoms with Gasteiger partial charge in [0.05, 0.1) is 23.9 Å². The van der Waals surface area contributed by atoms with Crippen molar-refractivity contribution >= 4 is 28.4 Å². The van der Waals surface area contributed by atoms with E-state index in [4.69, 9.17) is 5.26 Å². The Labute approximate surface area is 178 Å². The molecule has 0 radical (unpaired) electrons. The monoisotopic (exact) mass is 416 g/mol. The van der Waals surface area contributed by atoms with Crippen molar-refractivity contribution in [2.24, 2.45) is 0 Å². The predicted octanol–water partition coefficient (Wildman–Crippen LogP) is 4.12. The van der Waals surface area contributed by atoms with E-state index in [1.807, 2.05) is 60.2 Å². The average Bonchev–Trinajstić information content (AvgIpc) is 3.37. The zero-order valence-corrected chi connectivity index (χ0v) is 17.6. The molecule has 7 nitrogen and oxygen atoms in total. The van der Waals surface area contributed by atoms with Gasteiger partial charge in [0.2, 0.25) is 5.16 Å². The molecule has 2 aromatic heterocycles. The molecule has 0 aliphatic carbocycles. The summed E-state index contributed by atoms with van der Waals surface area (Å²) in [4.78, 5) is 13.0. The second-order valence-electron chi connectivity index (χ2n) is 7.02. The molecule has 0 unspecified atom stereocenters. The Morgan fingerprint density at radius 2 is 2.00 bits per heavy atom. The zero-order valence-electron chi connectivity index (χ0n) is 16.7. The van der Waals surface area contributed by atoms with E-state index in [1.165, 1.54) is 17.3 Å². The molecule has 30 heavy (non-hydrogen) atoms. The van der Waals surface area contributed by atoms with Crippen LogP contribution in [-0.4, -0.2) is 36.3 Å². The number of rotatable bonds is 7. The van der Waals surface area contributed by atoms with Crippen LogP contribution in [0.5, 0.6) is 0 Å². The van der Waals surface area contributed by atoms with Crippen LogP contribution < -0.4 is 0 Å². The van der Waals surface area contributed by atoms with Crippen molar-refractivity contribution in [2.45, 2.75) is 32.0 Å². The van der Waals surface area contributed by atoms with Crippen LogP contribution in [0.3, 0.4) is 0 Å². The Morgan fingerprint density at radius 3 is 2.80 bits per heavy atom. The molecular weight excluding hydrogens is 396 g/mol. The summed E-state index contributed by atoms with van der Waals surface area (Å²) < 4.78 is 3.62. The van der Waals surface area contributed by atoms with Crippen LogP contribution in [0.2, 0.25) is 0 Å². The molecule has 2 aromatic carbocycles. The number of thioether (sulfide) groups is 1. The molecule has 0 bridgehead atoms. The fourth-order valence-corrected chi connectivity index (χ4v) is 4.09. The summed E-state index contributed by atoms with van der Waals surface area (Å²) in [5, 5.41) is 22.3. The van der Waals surface area contributed by atoms with E-state index in [0.717, 1.165) is 22.2 Å². The van der Waals surface area contributed by atoms with E-state index in [-0.39, 0.29) is 11.5 Å². The molecule has 0 N–H and O–H groups in total. The van der Waals surface area contributed by atoms with Crippen molar-refractivity contribution in [1.29, 1.82) is 5.26 Å². The van der Waals surface area contributed by atoms with Crippen molar-refractivity contribution in [1.82, 2.24) is 24.8 Å². The maximum Gasteiger partial charge on any atom is 0.214 e. The summed E-state index contributed by atoms with van der Waals surface area (Å²) in [6, 6.07) is 15.9. The van der Waals surface area contributed by atoms with Gasteiger partial charge in [-0.25, -0.2) is 0 Å². The van der Waals surface area contributed by atoms with Crippen LogP contribution in [-0.2, 0) is 6.54 Å². The number of fused-ring (bicyclic) bond motifs is 1. The highest BCUT2D eigenvalue weighted by Gasteiger charge is 2.17. The van der Waals surface area contributed by atoms with Crippen molar-refractivity contribution < 1.29 is 4.79 Å². The Hall–Kier alpha value is -3.44. The lowest BCUT2D eigenvalue weighted by molar-refractivity contribution is 0.102. The second-order valence-corrected chi connectivity index (χ2v) is 7.96. The van der Waals surface area contributed by atoms with Gasteiger partial charge in [-0.15, -0.1) is 5.10 Å². The Balaban J connectivity index is 1.56. The molecule has 0 spiro atoms. The molecule has 8 heteroatoms. The standard InChI is InChI=1S/C22H20N6OS/c1-15-8-9-17(12-16(15)2)28-22(24-25-26-28)30-14-21(29)19-13-27(11-5-10-23)20-7-4-3-6-18(19)20/h3-4,6-9,12-13H,5,11,14H2,1-2H3. The molecule has 0 saturated heterocycles. The molecule has 0 fully saturated rings. The maximum atomic E-state index is 13.0. The first-order valence-electron chi connectivity index (χ1n) is 9.55. The van der Waals surface area contributed by atoms with E-state index >= 15 is 0 Å². The third-order valence-corrected chi connectivity index (χ3v) is 5.98. The highest BCUT2D eigenvalue weighted by atomic mass is 32.2. The van der Waals surface area contributed by atoms with Gasteiger partial charge in [-0.05, 0) is 53.6 Å². The number of carbonyl (C=O) groups is 1. The number of aryl methyl sites for hydroxylation is 3. The van der Waals surface area contributed by atoms with Gasteiger partial charge in [-0.2, -0.15) is 9.94 Å². The highest BCUT2D eigenvalue weighted by molar-refractivity contribution is 7.99. The molecule has 0 atom stereocenters. The number of ketones is 1. The SMILES string of the molecule is Cc1ccc(-n2nnnc2SCC(=O)c2cn(CCC#N)c3ccccc23)cc1C. The Morgan fingerprint density at radius 1 is 1.17 bits per heavy atom. The van der Waals surface area contributed by atoms with Gasteiger partial charge >= 0.3 is 0 Å². The van der Waals surface area contributed by atoms with Crippen LogP contribution in [0.25, 0.3) is 16.6 Å². The normalized spacial score (nSPS) is 11.0. The Kier molecular flexibility index (Phi) is 5.63. The number of benzene rings is 2. The van der Waals surface area contributed by atoms with E-state index in [9.17, 15) is 4.79 Å². The maximum absolute atomic E-state index is 13.0. The summed E-state index contributed by atoms with van der Waals surface area (Å²) in [6.45, 7) is 4.66. The van der Waals surface area contributed by atoms with Crippen molar-refractivity contribution in [3.63, 3.8) is 0 Å². The minimum absolute atomic E-state index is 0.00143. The first-order valence-corrected chi connectivity index (χ1v) is 10.5. The fourth-order valence-electron chi connectivity index (χ4n) is 3.32. The van der Waals surface area contributed by atoms with E-state index in [2.05, 4.69) is 28.5 Å². The average molecular weight is 417 g/mol. The van der Waals surface area contributed by atoms with Crippen LogP contribution in [0, 0.1) is 25.2 Å². The van der Waals surface area contributed by atoms with Gasteiger partial charge in [-0.3, -0.25) is 4.79 Å². The Bertz CT molecular complexity index is 1270. The van der Waals surface area contributed by atoms with Crippen molar-refractivity contribution in [3.05, 3.63) is 65.4 Å². The number of aromatic nitrogens is 5. The third kappa shape index (κ3) is 3.84. The van der Waals surface area contributed by atoms with Gasteiger partial charge in [0.15, 0.2) is 5.78 Å². The summed E-state index contributed by atoms with van der Waals surface area (Å²) in [5.41, 5.74) is 4.83. The van der Waals surface area contributed by atoms with E-state index in [1.54, 1.807) is 4.68 Å². The van der Waals surface area contributed by atoms with Gasteiger partial charge < -0.3 is 4.57 Å². The fraction of sp³-hybridized carbons (Fsp3) is 0.227. The summed E-state index contributed by atoms with van der Waals surface area (Å²) in [7, 11) is 0. The third-order valence-electron chi connectivity index (χ3n) is 5.06. The number of hydrogen-bond donors (Lipinski definition) is 0. The van der Waals surface area contributed by atoms with Crippen LogP contribution in [0.4, 0.5) is 0 Å². The number of Topliss-reactive ketones (excluding diaryl/α,β-unsaturated/α-hetero) is 1. The summed E-state index contributed by atoms with van der Waals surface area (Å²) in [5.74, 6) is 0.221. The number of carbonyl (C=O) groups excluding carboxylic acids is 1. The van der Waals surface area contributed by atoms with Gasteiger partial charge in [0.25, 0.3) is 0 Å². The quantitative estimate of drug-likeness (QED) is 0.332. The van der Waals surface area contributed by atoms with Crippen LogP contribution in [0.15, 0.2) is 53.8 Å².